The third kappa shape index (κ3) is 1.13. The van der Waals surface area contributed by atoms with Gasteiger partial charge in [-0.05, 0) is 17.7 Å². The van der Waals surface area contributed by atoms with Crippen molar-refractivity contribution >= 4 is 28.0 Å². The summed E-state index contributed by atoms with van der Waals surface area (Å²) < 4.78 is 0.823. The summed E-state index contributed by atoms with van der Waals surface area (Å²) in [6, 6.07) is 1.59. The molecule has 0 aliphatic heterocycles. The molecule has 2 rings (SSSR count). The maximum atomic E-state index is 11.2. The molecule has 0 bridgehead atoms. The van der Waals surface area contributed by atoms with Gasteiger partial charge in [0.2, 0.25) is 0 Å². The number of pyridine rings is 1. The molecule has 66 valence electrons. The van der Waals surface area contributed by atoms with Gasteiger partial charge in [0.1, 0.15) is 0 Å². The van der Waals surface area contributed by atoms with Crippen molar-refractivity contribution in [2.75, 3.05) is 0 Å². The number of fused-ring (bicyclic) bond motifs is 1. The molecule has 0 saturated heterocycles. The quantitative estimate of drug-likeness (QED) is 0.639. The number of H-pyrrole nitrogens is 1. The molecule has 0 fully saturated rings. The summed E-state index contributed by atoms with van der Waals surface area (Å²) in [5.41, 5.74) is 0.365. The van der Waals surface area contributed by atoms with Crippen LogP contribution in [0.5, 0.6) is 0 Å². The number of carbonyl (C=O) groups is 1. The fourth-order valence-electron chi connectivity index (χ4n) is 1.13. The van der Waals surface area contributed by atoms with Crippen molar-refractivity contribution in [3.63, 3.8) is 0 Å². The number of nitrogens with zero attached hydrogens (tertiary/aromatic N) is 2. The van der Waals surface area contributed by atoms with E-state index in [2.05, 4.69) is 9.97 Å². The number of halogens is 1. The third-order valence-corrected chi connectivity index (χ3v) is 1.83. The lowest BCUT2D eigenvalue weighted by Crippen LogP contribution is -2.19. The molecule has 2 aromatic heterocycles. The van der Waals surface area contributed by atoms with Gasteiger partial charge >= 0.3 is 11.1 Å². The van der Waals surface area contributed by atoms with Crippen molar-refractivity contribution in [1.82, 2.24) is 14.5 Å². The molecule has 2 aromatic rings. The van der Waals surface area contributed by atoms with E-state index in [1.54, 1.807) is 6.07 Å². The van der Waals surface area contributed by atoms with Gasteiger partial charge in [-0.25, -0.2) is 9.36 Å². The lowest BCUT2D eigenvalue weighted by Gasteiger charge is -1.91. The van der Waals surface area contributed by atoms with E-state index in [-0.39, 0.29) is 0 Å². The van der Waals surface area contributed by atoms with Crippen LogP contribution in [0, 0.1) is 0 Å². The van der Waals surface area contributed by atoms with Crippen molar-refractivity contribution in [2.45, 2.75) is 0 Å². The number of nitrogens with one attached hydrogen (secondary N) is 1. The molecule has 0 aliphatic rings. The number of imidazole rings is 1. The fraction of sp³-hybridized carbons (Fsp3) is 0. The maximum Gasteiger partial charge on any atom is 0.334 e. The van der Waals surface area contributed by atoms with Gasteiger partial charge < -0.3 is 4.98 Å². The van der Waals surface area contributed by atoms with E-state index in [4.69, 9.17) is 11.6 Å². The van der Waals surface area contributed by atoms with Crippen molar-refractivity contribution in [2.24, 2.45) is 0 Å². The lowest BCUT2D eigenvalue weighted by atomic mass is 10.4. The number of aromatic nitrogens is 3. The van der Waals surface area contributed by atoms with Crippen LogP contribution in [0.4, 0.5) is 4.79 Å². The van der Waals surface area contributed by atoms with Crippen LogP contribution in [0.3, 0.4) is 0 Å². The Balaban J connectivity index is 2.95. The number of carbonyl (C=O) groups excluding carboxylic acids is 1. The predicted molar refractivity (Wildman–Crippen MR) is 47.0 cm³/mol. The van der Waals surface area contributed by atoms with Gasteiger partial charge in [0, 0.05) is 6.20 Å². The van der Waals surface area contributed by atoms with Gasteiger partial charge in [-0.1, -0.05) is 0 Å². The van der Waals surface area contributed by atoms with Crippen molar-refractivity contribution in [3.05, 3.63) is 28.9 Å². The average Bonchev–Trinajstić information content (AvgIpc) is 2.39. The first-order valence-corrected chi connectivity index (χ1v) is 3.82. The Morgan fingerprint density at radius 3 is 3.08 bits per heavy atom. The van der Waals surface area contributed by atoms with Crippen molar-refractivity contribution < 1.29 is 4.79 Å². The highest BCUT2D eigenvalue weighted by Gasteiger charge is 2.10. The van der Waals surface area contributed by atoms with Gasteiger partial charge in [-0.15, -0.1) is 0 Å². The summed E-state index contributed by atoms with van der Waals surface area (Å²) in [6.45, 7) is 0. The van der Waals surface area contributed by atoms with E-state index in [9.17, 15) is 9.59 Å². The Morgan fingerprint density at radius 1 is 1.62 bits per heavy atom. The standard InChI is InChI=1S/C7H4ClN3O2/c8-6(12)11-5-3-9-2-1-4(5)10-7(11)13/h1-3H,(H,10,13). The number of aromatic amines is 1. The van der Waals surface area contributed by atoms with Crippen LogP contribution in [-0.4, -0.2) is 19.9 Å². The molecular formula is C7H4ClN3O2. The minimum absolute atomic E-state index is 0.382. The Morgan fingerprint density at radius 2 is 2.38 bits per heavy atom. The van der Waals surface area contributed by atoms with Crippen molar-refractivity contribution in [3.8, 4) is 0 Å². The highest BCUT2D eigenvalue weighted by atomic mass is 35.5. The zero-order chi connectivity index (χ0) is 9.42. The van der Waals surface area contributed by atoms with Crippen LogP contribution >= 0.6 is 11.6 Å². The number of rotatable bonds is 0. The smallest absolute Gasteiger partial charge is 0.305 e. The largest absolute Gasteiger partial charge is 0.334 e. The van der Waals surface area contributed by atoms with E-state index in [0.717, 1.165) is 4.57 Å². The molecule has 6 heteroatoms. The normalized spacial score (nSPS) is 10.5. The van der Waals surface area contributed by atoms with E-state index in [1.165, 1.54) is 12.4 Å². The Bertz CT molecular complexity index is 528. The predicted octanol–water partition coefficient (Wildman–Crippen LogP) is 0.931. The summed E-state index contributed by atoms with van der Waals surface area (Å²) in [5, 5.41) is -0.843. The van der Waals surface area contributed by atoms with E-state index < -0.39 is 11.1 Å². The number of hydrogen-bond donors (Lipinski definition) is 1. The van der Waals surface area contributed by atoms with Crippen LogP contribution in [0.15, 0.2) is 23.3 Å². The second-order valence-electron chi connectivity index (χ2n) is 2.41. The average molecular weight is 198 g/mol. The first-order chi connectivity index (χ1) is 6.20. The van der Waals surface area contributed by atoms with Crippen LogP contribution in [0.2, 0.25) is 0 Å². The van der Waals surface area contributed by atoms with Gasteiger partial charge in [0.25, 0.3) is 0 Å². The second-order valence-corrected chi connectivity index (χ2v) is 2.73. The van der Waals surface area contributed by atoms with E-state index in [1.807, 2.05) is 0 Å². The fourth-order valence-corrected chi connectivity index (χ4v) is 1.29. The zero-order valence-electron chi connectivity index (χ0n) is 6.32. The van der Waals surface area contributed by atoms with Gasteiger partial charge in [-0.3, -0.25) is 9.78 Å². The molecule has 0 saturated carbocycles. The summed E-state index contributed by atoms with van der Waals surface area (Å²) in [5.74, 6) is 0. The topological polar surface area (TPSA) is 67.8 Å². The minimum atomic E-state index is -0.843. The lowest BCUT2D eigenvalue weighted by molar-refractivity contribution is 0.261. The highest BCUT2D eigenvalue weighted by molar-refractivity contribution is 6.63. The third-order valence-electron chi connectivity index (χ3n) is 1.66. The SMILES string of the molecule is O=C(Cl)n1c(=O)[nH]c2ccncc21. The minimum Gasteiger partial charge on any atom is -0.305 e. The van der Waals surface area contributed by atoms with Crippen molar-refractivity contribution in [1.29, 1.82) is 0 Å². The molecular weight excluding hydrogens is 194 g/mol. The molecule has 0 radical (unpaired) electrons. The molecule has 5 nitrogen and oxygen atoms in total. The molecule has 0 aliphatic carbocycles. The highest BCUT2D eigenvalue weighted by Crippen LogP contribution is 2.07. The van der Waals surface area contributed by atoms with Gasteiger partial charge in [0.15, 0.2) is 0 Å². The monoisotopic (exact) mass is 197 g/mol. The van der Waals surface area contributed by atoms with Crippen LogP contribution in [-0.2, 0) is 0 Å². The second kappa shape index (κ2) is 2.70. The summed E-state index contributed by atoms with van der Waals surface area (Å²) in [7, 11) is 0. The van der Waals surface area contributed by atoms with Gasteiger partial charge in [0.05, 0.1) is 17.2 Å². The molecule has 0 unspecified atom stereocenters. The molecule has 0 atom stereocenters. The van der Waals surface area contributed by atoms with E-state index in [0.29, 0.717) is 11.0 Å². The molecule has 2 heterocycles. The molecule has 0 aromatic carbocycles. The van der Waals surface area contributed by atoms with Crippen LogP contribution < -0.4 is 5.69 Å². The molecule has 0 spiro atoms. The Hall–Kier alpha value is -1.62. The van der Waals surface area contributed by atoms with Crippen LogP contribution in [0.25, 0.3) is 11.0 Å². The summed E-state index contributed by atoms with van der Waals surface area (Å²) in [4.78, 5) is 28.2. The Kier molecular flexibility index (Phi) is 1.66. The Labute approximate surface area is 77.0 Å². The first-order valence-electron chi connectivity index (χ1n) is 3.45. The molecule has 13 heavy (non-hydrogen) atoms. The number of hydrogen-bond acceptors (Lipinski definition) is 3. The summed E-state index contributed by atoms with van der Waals surface area (Å²) >= 11 is 5.21. The molecule has 0 amide bonds. The first kappa shape index (κ1) is 8.00. The molecule has 1 N–H and O–H groups in total. The van der Waals surface area contributed by atoms with Crippen LogP contribution in [0.1, 0.15) is 0 Å². The summed E-state index contributed by atoms with van der Waals surface area (Å²) in [6.07, 6.45) is 2.91. The zero-order valence-corrected chi connectivity index (χ0v) is 7.08. The maximum absolute atomic E-state index is 11.2. The van der Waals surface area contributed by atoms with Gasteiger partial charge in [-0.2, -0.15) is 0 Å². The van der Waals surface area contributed by atoms with E-state index >= 15 is 0 Å².